The van der Waals surface area contributed by atoms with Gasteiger partial charge in [-0.15, -0.1) is 0 Å². The molecule has 0 bridgehead atoms. The fourth-order valence-corrected chi connectivity index (χ4v) is 2.06. The van der Waals surface area contributed by atoms with Crippen LogP contribution in [0.25, 0.3) is 0 Å². The summed E-state index contributed by atoms with van der Waals surface area (Å²) in [6.45, 7) is 15.4. The average Bonchev–Trinajstić information content (AvgIpc) is 2.71. The molecule has 0 radical (unpaired) electrons. The standard InChI is InChI=1S/2C7H14O.2C6H12O/c1-3-4-5-6-7(2)8;1-3-5-6-7(8)4-2;1-3-4-5-6(2)7;1-3-5-6(7)4-2/h2*3-6H2,1-2H3;2*3-5H2,1-2H3. The second kappa shape index (κ2) is 32.3. The van der Waals surface area contributed by atoms with Gasteiger partial charge in [0.1, 0.15) is 23.1 Å². The quantitative estimate of drug-likeness (QED) is 0.264. The minimum atomic E-state index is 0.307. The molecular weight excluding hydrogens is 376 g/mol. The van der Waals surface area contributed by atoms with Crippen molar-refractivity contribution in [3.05, 3.63) is 0 Å². The van der Waals surface area contributed by atoms with Crippen molar-refractivity contribution < 1.29 is 19.2 Å². The summed E-state index contributed by atoms with van der Waals surface area (Å²) in [5, 5.41) is 0. The van der Waals surface area contributed by atoms with E-state index in [9.17, 15) is 19.2 Å². The van der Waals surface area contributed by atoms with E-state index in [-0.39, 0.29) is 0 Å². The lowest BCUT2D eigenvalue weighted by atomic mass is 10.1. The third kappa shape index (κ3) is 50.4. The van der Waals surface area contributed by atoms with Crippen LogP contribution >= 0.6 is 0 Å². The first-order chi connectivity index (χ1) is 14.2. The number of hydrogen-bond donors (Lipinski definition) is 0. The Hall–Kier alpha value is -1.32. The van der Waals surface area contributed by atoms with Crippen LogP contribution in [0.3, 0.4) is 0 Å². The molecule has 30 heavy (non-hydrogen) atoms. The molecule has 0 saturated carbocycles. The molecule has 0 rings (SSSR count). The maximum Gasteiger partial charge on any atom is 0.132 e. The van der Waals surface area contributed by atoms with Crippen LogP contribution in [0.2, 0.25) is 0 Å². The first-order valence-electron chi connectivity index (χ1n) is 12.2. The molecule has 0 aliphatic heterocycles. The van der Waals surface area contributed by atoms with Gasteiger partial charge in [-0.25, -0.2) is 0 Å². The van der Waals surface area contributed by atoms with Crippen molar-refractivity contribution in [2.24, 2.45) is 0 Å². The molecule has 0 aromatic heterocycles. The smallest absolute Gasteiger partial charge is 0.132 e. The Morgan fingerprint density at radius 3 is 1.07 bits per heavy atom. The molecule has 0 spiro atoms. The van der Waals surface area contributed by atoms with Crippen molar-refractivity contribution in [2.75, 3.05) is 0 Å². The molecule has 0 fully saturated rings. The summed E-state index contributed by atoms with van der Waals surface area (Å²) in [6, 6.07) is 0. The van der Waals surface area contributed by atoms with Crippen LogP contribution in [0.4, 0.5) is 0 Å². The van der Waals surface area contributed by atoms with Crippen molar-refractivity contribution in [2.45, 2.75) is 145 Å². The number of carbonyl (C=O) groups excluding carboxylic acids is 4. The molecule has 0 N–H and O–H groups in total. The Labute approximate surface area is 188 Å². The zero-order valence-electron chi connectivity index (χ0n) is 21.5. The molecule has 4 nitrogen and oxygen atoms in total. The minimum absolute atomic E-state index is 0.307. The first-order valence-corrected chi connectivity index (χ1v) is 12.2. The lowest BCUT2D eigenvalue weighted by Gasteiger charge is -1.91. The molecule has 0 heterocycles. The number of hydrogen-bond acceptors (Lipinski definition) is 4. The van der Waals surface area contributed by atoms with Crippen LogP contribution in [-0.4, -0.2) is 23.1 Å². The largest absolute Gasteiger partial charge is 0.300 e. The van der Waals surface area contributed by atoms with E-state index >= 15 is 0 Å². The highest BCUT2D eigenvalue weighted by molar-refractivity contribution is 5.78. The molecule has 0 atom stereocenters. The van der Waals surface area contributed by atoms with Gasteiger partial charge in [0, 0.05) is 38.5 Å². The van der Waals surface area contributed by atoms with Crippen LogP contribution in [0.5, 0.6) is 0 Å². The average molecular weight is 429 g/mol. The second-order valence-electron chi connectivity index (χ2n) is 7.60. The van der Waals surface area contributed by atoms with Gasteiger partial charge in [0.25, 0.3) is 0 Å². The van der Waals surface area contributed by atoms with Crippen molar-refractivity contribution in [1.29, 1.82) is 0 Å². The van der Waals surface area contributed by atoms with E-state index < -0.39 is 0 Å². The molecule has 180 valence electrons. The van der Waals surface area contributed by atoms with E-state index in [1.807, 2.05) is 20.8 Å². The van der Waals surface area contributed by atoms with Gasteiger partial charge >= 0.3 is 0 Å². The predicted molar refractivity (Wildman–Crippen MR) is 130 cm³/mol. The highest BCUT2D eigenvalue weighted by Crippen LogP contribution is 1.98. The number of Topliss-reactive ketones (excluding diaryl/α,β-unsaturated/α-hetero) is 4. The van der Waals surface area contributed by atoms with E-state index in [0.29, 0.717) is 36.0 Å². The highest BCUT2D eigenvalue weighted by atomic mass is 16.1. The van der Waals surface area contributed by atoms with E-state index in [1.54, 1.807) is 13.8 Å². The molecule has 0 aliphatic rings. The zero-order valence-corrected chi connectivity index (χ0v) is 21.5. The summed E-state index contributed by atoms with van der Waals surface area (Å²) in [7, 11) is 0. The topological polar surface area (TPSA) is 68.3 Å². The summed E-state index contributed by atoms with van der Waals surface area (Å²) >= 11 is 0. The van der Waals surface area contributed by atoms with Crippen LogP contribution in [0.1, 0.15) is 145 Å². The summed E-state index contributed by atoms with van der Waals surface area (Å²) in [5.41, 5.74) is 0. The Morgan fingerprint density at radius 2 is 0.800 bits per heavy atom. The highest BCUT2D eigenvalue weighted by Gasteiger charge is 1.94. The fourth-order valence-electron chi connectivity index (χ4n) is 2.06. The van der Waals surface area contributed by atoms with E-state index in [2.05, 4.69) is 20.8 Å². The minimum Gasteiger partial charge on any atom is -0.300 e. The number of rotatable bonds is 14. The molecule has 0 saturated heterocycles. The first kappa shape index (κ1) is 36.1. The number of carbonyl (C=O) groups is 4. The van der Waals surface area contributed by atoms with Gasteiger partial charge in [-0.05, 0) is 39.5 Å². The van der Waals surface area contributed by atoms with E-state index in [4.69, 9.17) is 0 Å². The lowest BCUT2D eigenvalue weighted by Crippen LogP contribution is -1.92. The SMILES string of the molecule is CCCC(=O)CC.CCCCC(=O)CC.CCCCC(C)=O.CCCCCC(C)=O. The number of ketones is 4. The third-order valence-corrected chi connectivity index (χ3v) is 4.14. The fraction of sp³-hybridized carbons (Fsp3) is 0.846. The van der Waals surface area contributed by atoms with Gasteiger partial charge in [-0.1, -0.05) is 67.2 Å². The van der Waals surface area contributed by atoms with Crippen molar-refractivity contribution in [3.63, 3.8) is 0 Å². The van der Waals surface area contributed by atoms with Crippen LogP contribution in [0, 0.1) is 0 Å². The summed E-state index contributed by atoms with van der Waals surface area (Å²) in [4.78, 5) is 41.5. The Balaban J connectivity index is -0.000000151. The summed E-state index contributed by atoms with van der Waals surface area (Å²) < 4.78 is 0. The molecular formula is C26H52O4. The van der Waals surface area contributed by atoms with Gasteiger partial charge in [-0.3, -0.25) is 9.59 Å². The van der Waals surface area contributed by atoms with Crippen LogP contribution in [-0.2, 0) is 19.2 Å². The van der Waals surface area contributed by atoms with Gasteiger partial charge in [0.2, 0.25) is 0 Å². The van der Waals surface area contributed by atoms with Gasteiger partial charge < -0.3 is 9.59 Å². The van der Waals surface area contributed by atoms with Gasteiger partial charge in [-0.2, -0.15) is 0 Å². The predicted octanol–water partition coefficient (Wildman–Crippen LogP) is 7.84. The maximum absolute atomic E-state index is 10.6. The van der Waals surface area contributed by atoms with Crippen LogP contribution < -0.4 is 0 Å². The molecule has 0 aromatic rings. The van der Waals surface area contributed by atoms with Crippen molar-refractivity contribution in [3.8, 4) is 0 Å². The maximum atomic E-state index is 10.6. The van der Waals surface area contributed by atoms with Gasteiger partial charge in [0.05, 0.1) is 0 Å². The Kier molecular flexibility index (Phi) is 38.9. The molecule has 4 heteroatoms. The van der Waals surface area contributed by atoms with Crippen LogP contribution in [0.15, 0.2) is 0 Å². The van der Waals surface area contributed by atoms with E-state index in [0.717, 1.165) is 64.2 Å². The van der Waals surface area contributed by atoms with E-state index in [1.165, 1.54) is 12.8 Å². The molecule has 0 amide bonds. The number of unbranched alkanes of at least 4 members (excludes halogenated alkanes) is 4. The van der Waals surface area contributed by atoms with Crippen molar-refractivity contribution in [1.82, 2.24) is 0 Å². The molecule has 0 unspecified atom stereocenters. The molecule has 0 aromatic carbocycles. The van der Waals surface area contributed by atoms with Crippen molar-refractivity contribution >= 4 is 23.1 Å². The normalized spacial score (nSPS) is 9.07. The Morgan fingerprint density at radius 1 is 0.433 bits per heavy atom. The summed E-state index contributed by atoms with van der Waals surface area (Å²) in [6.07, 6.45) is 13.3. The monoisotopic (exact) mass is 428 g/mol. The molecule has 0 aliphatic carbocycles. The summed E-state index contributed by atoms with van der Waals surface area (Å²) in [5.74, 6) is 1.40. The van der Waals surface area contributed by atoms with Gasteiger partial charge in [0.15, 0.2) is 0 Å². The lowest BCUT2D eigenvalue weighted by molar-refractivity contribution is -0.119. The second-order valence-corrected chi connectivity index (χ2v) is 7.60. The Bertz CT molecular complexity index is 400. The third-order valence-electron chi connectivity index (χ3n) is 4.14. The zero-order chi connectivity index (χ0) is 24.2.